The minimum Gasteiger partial charge on any atom is -0.392 e. The second-order valence-corrected chi connectivity index (χ2v) is 5.81. The third-order valence-electron chi connectivity index (χ3n) is 2.19. The summed E-state index contributed by atoms with van der Waals surface area (Å²) in [6, 6.07) is 5.76. The smallest absolute Gasteiger partial charge is 0.0692 e. The summed E-state index contributed by atoms with van der Waals surface area (Å²) in [5.41, 5.74) is 0.899. The lowest BCUT2D eigenvalue weighted by Crippen LogP contribution is -2.15. The van der Waals surface area contributed by atoms with Crippen LogP contribution in [0.1, 0.15) is 19.4 Å². The first-order valence-electron chi connectivity index (χ1n) is 4.78. The van der Waals surface area contributed by atoms with E-state index >= 15 is 0 Å². The highest BCUT2D eigenvalue weighted by atomic mass is 79.9. The first-order valence-corrected chi connectivity index (χ1v) is 6.46. The van der Waals surface area contributed by atoms with Gasteiger partial charge in [0.05, 0.1) is 12.7 Å². The third kappa shape index (κ3) is 3.79. The molecule has 1 aromatic rings. The molecule has 0 aliphatic heterocycles. The molecule has 0 saturated carbocycles. The van der Waals surface area contributed by atoms with Gasteiger partial charge >= 0.3 is 0 Å². The van der Waals surface area contributed by atoms with E-state index in [2.05, 4.69) is 15.9 Å². The van der Waals surface area contributed by atoms with Crippen molar-refractivity contribution in [2.24, 2.45) is 0 Å². The molecule has 0 aliphatic carbocycles. The van der Waals surface area contributed by atoms with Crippen LogP contribution in [0.15, 0.2) is 27.6 Å². The van der Waals surface area contributed by atoms with Gasteiger partial charge < -0.3 is 10.2 Å². The molecule has 84 valence electrons. The minimum atomic E-state index is -0.361. The van der Waals surface area contributed by atoms with Crippen LogP contribution in [0.2, 0.25) is 0 Å². The van der Waals surface area contributed by atoms with Crippen LogP contribution in [0.25, 0.3) is 0 Å². The molecule has 0 radical (unpaired) electrons. The molecule has 0 spiro atoms. The highest BCUT2D eigenvalue weighted by molar-refractivity contribution is 9.10. The van der Waals surface area contributed by atoms with E-state index in [1.807, 2.05) is 25.1 Å². The molecule has 1 aromatic carbocycles. The molecule has 2 unspecified atom stereocenters. The first kappa shape index (κ1) is 13.0. The number of hydrogen-bond acceptors (Lipinski definition) is 3. The van der Waals surface area contributed by atoms with Crippen molar-refractivity contribution in [2.45, 2.75) is 36.7 Å². The molecule has 0 bridgehead atoms. The van der Waals surface area contributed by atoms with Crippen LogP contribution in [0.5, 0.6) is 0 Å². The zero-order chi connectivity index (χ0) is 11.4. The monoisotopic (exact) mass is 290 g/mol. The fourth-order valence-electron chi connectivity index (χ4n) is 1.07. The predicted molar refractivity (Wildman–Crippen MR) is 67.1 cm³/mol. The maximum Gasteiger partial charge on any atom is 0.0692 e. The molecule has 0 amide bonds. The van der Waals surface area contributed by atoms with E-state index in [0.29, 0.717) is 0 Å². The van der Waals surface area contributed by atoms with Gasteiger partial charge in [-0.15, -0.1) is 11.8 Å². The lowest BCUT2D eigenvalue weighted by Gasteiger charge is -2.16. The molecule has 1 rings (SSSR count). The molecule has 2 N–H and O–H groups in total. The molecule has 15 heavy (non-hydrogen) atoms. The minimum absolute atomic E-state index is 0.0299. The average Bonchev–Trinajstić information content (AvgIpc) is 2.18. The molecule has 4 heteroatoms. The van der Waals surface area contributed by atoms with E-state index in [4.69, 9.17) is 5.11 Å². The van der Waals surface area contributed by atoms with Crippen LogP contribution >= 0.6 is 27.7 Å². The van der Waals surface area contributed by atoms with Gasteiger partial charge in [0.1, 0.15) is 0 Å². The number of benzene rings is 1. The molecule has 0 heterocycles. The van der Waals surface area contributed by atoms with Crippen LogP contribution in [0.3, 0.4) is 0 Å². The summed E-state index contributed by atoms with van der Waals surface area (Å²) in [6.07, 6.45) is -0.361. The van der Waals surface area contributed by atoms with Crippen molar-refractivity contribution >= 4 is 27.7 Å². The maximum atomic E-state index is 9.42. The summed E-state index contributed by atoms with van der Waals surface area (Å²) >= 11 is 4.97. The van der Waals surface area contributed by atoms with Gasteiger partial charge in [-0.1, -0.05) is 28.9 Å². The van der Waals surface area contributed by atoms with Gasteiger partial charge in [0, 0.05) is 14.6 Å². The second-order valence-electron chi connectivity index (χ2n) is 3.47. The Morgan fingerprint density at radius 3 is 2.60 bits per heavy atom. The van der Waals surface area contributed by atoms with Crippen molar-refractivity contribution in [3.63, 3.8) is 0 Å². The quantitative estimate of drug-likeness (QED) is 0.838. The summed E-state index contributed by atoms with van der Waals surface area (Å²) in [5, 5.41) is 18.7. The van der Waals surface area contributed by atoms with Crippen molar-refractivity contribution in [3.8, 4) is 0 Å². The lowest BCUT2D eigenvalue weighted by molar-refractivity contribution is 0.196. The predicted octanol–water partition coefficient (Wildman–Crippen LogP) is 2.80. The Kier molecular flexibility index (Phi) is 5.12. The van der Waals surface area contributed by atoms with E-state index in [1.54, 1.807) is 18.7 Å². The van der Waals surface area contributed by atoms with Gasteiger partial charge in [-0.05, 0) is 24.6 Å². The lowest BCUT2D eigenvalue weighted by atomic mass is 10.2. The summed E-state index contributed by atoms with van der Waals surface area (Å²) in [7, 11) is 0. The number of rotatable bonds is 4. The number of thioether (sulfide) groups is 1. The molecule has 0 saturated heterocycles. The van der Waals surface area contributed by atoms with Gasteiger partial charge in [0.25, 0.3) is 0 Å². The van der Waals surface area contributed by atoms with E-state index < -0.39 is 0 Å². The van der Waals surface area contributed by atoms with Crippen LogP contribution in [-0.4, -0.2) is 21.6 Å². The summed E-state index contributed by atoms with van der Waals surface area (Å²) in [5.74, 6) is 0. The number of halogens is 1. The fourth-order valence-corrected chi connectivity index (χ4v) is 2.66. The Morgan fingerprint density at radius 1 is 1.40 bits per heavy atom. The summed E-state index contributed by atoms with van der Waals surface area (Å²) < 4.78 is 0.986. The normalized spacial score (nSPS) is 15.0. The Hall–Kier alpha value is -0.0300. The highest BCUT2D eigenvalue weighted by Gasteiger charge is 2.12. The number of hydrogen-bond donors (Lipinski definition) is 2. The molecular formula is C11H15BrO2S. The molecule has 2 nitrogen and oxygen atoms in total. The van der Waals surface area contributed by atoms with Gasteiger partial charge in [0.15, 0.2) is 0 Å². The van der Waals surface area contributed by atoms with Crippen LogP contribution in [0, 0.1) is 0 Å². The topological polar surface area (TPSA) is 40.5 Å². The van der Waals surface area contributed by atoms with E-state index in [-0.39, 0.29) is 18.0 Å². The van der Waals surface area contributed by atoms with Crippen molar-refractivity contribution < 1.29 is 10.2 Å². The second kappa shape index (κ2) is 5.89. The largest absolute Gasteiger partial charge is 0.392 e. The molecule has 0 aromatic heterocycles. The standard InChI is InChI=1S/C11H15BrO2S/c1-7(14)8(2)15-11-5-10(12)4-3-9(11)6-13/h3-5,7-8,13-14H,6H2,1-2H3. The van der Waals surface area contributed by atoms with Gasteiger partial charge in [-0.3, -0.25) is 0 Å². The van der Waals surface area contributed by atoms with Gasteiger partial charge in [-0.2, -0.15) is 0 Å². The van der Waals surface area contributed by atoms with Crippen molar-refractivity contribution in [3.05, 3.63) is 28.2 Å². The Balaban J connectivity index is 2.87. The van der Waals surface area contributed by atoms with E-state index in [9.17, 15) is 5.11 Å². The van der Waals surface area contributed by atoms with Crippen LogP contribution in [-0.2, 0) is 6.61 Å². The van der Waals surface area contributed by atoms with Crippen molar-refractivity contribution in [1.29, 1.82) is 0 Å². The van der Waals surface area contributed by atoms with Crippen molar-refractivity contribution in [1.82, 2.24) is 0 Å². The molecule has 2 atom stereocenters. The van der Waals surface area contributed by atoms with E-state index in [0.717, 1.165) is 14.9 Å². The molecular weight excluding hydrogens is 276 g/mol. The fraction of sp³-hybridized carbons (Fsp3) is 0.455. The van der Waals surface area contributed by atoms with Gasteiger partial charge in [0.2, 0.25) is 0 Å². The molecule has 0 fully saturated rings. The zero-order valence-electron chi connectivity index (χ0n) is 8.77. The summed E-state index contributed by atoms with van der Waals surface area (Å²) in [4.78, 5) is 1.01. The average molecular weight is 291 g/mol. The number of aliphatic hydroxyl groups is 2. The third-order valence-corrected chi connectivity index (χ3v) is 4.08. The molecule has 0 aliphatic rings. The Morgan fingerprint density at radius 2 is 2.07 bits per heavy atom. The first-order chi connectivity index (χ1) is 7.04. The highest BCUT2D eigenvalue weighted by Crippen LogP contribution is 2.30. The SMILES string of the molecule is CC(O)C(C)Sc1cc(Br)ccc1CO. The summed E-state index contributed by atoms with van der Waals surface area (Å²) in [6.45, 7) is 3.77. The van der Waals surface area contributed by atoms with Gasteiger partial charge in [-0.25, -0.2) is 0 Å². The van der Waals surface area contributed by atoms with Crippen molar-refractivity contribution in [2.75, 3.05) is 0 Å². The zero-order valence-corrected chi connectivity index (χ0v) is 11.2. The Labute approximate surface area is 103 Å². The van der Waals surface area contributed by atoms with Crippen LogP contribution in [0.4, 0.5) is 0 Å². The Bertz CT molecular complexity index is 328. The maximum absolute atomic E-state index is 9.42. The number of aliphatic hydroxyl groups excluding tert-OH is 2. The van der Waals surface area contributed by atoms with Crippen LogP contribution < -0.4 is 0 Å². The van der Waals surface area contributed by atoms with E-state index in [1.165, 1.54) is 0 Å².